The summed E-state index contributed by atoms with van der Waals surface area (Å²) >= 11 is 3.71. The minimum atomic E-state index is -1.12. The molecule has 2 aliphatic heterocycles. The molecular formula is C82H48N4O2S2. The summed E-state index contributed by atoms with van der Waals surface area (Å²) in [5, 5.41) is 9.65. The molecular weight excluding hydrogens is 1140 g/mol. The molecule has 3 aliphatic rings. The summed E-state index contributed by atoms with van der Waals surface area (Å²) in [4.78, 5) is 4.89. The first-order valence-corrected chi connectivity index (χ1v) is 32.4. The first-order valence-electron chi connectivity index (χ1n) is 30.7. The third-order valence-electron chi connectivity index (χ3n) is 19.9. The zero-order valence-corrected chi connectivity index (χ0v) is 49.8. The van der Waals surface area contributed by atoms with E-state index in [1.807, 2.05) is 22.7 Å². The van der Waals surface area contributed by atoms with Gasteiger partial charge in [-0.2, -0.15) is 0 Å². The van der Waals surface area contributed by atoms with E-state index in [0.717, 1.165) is 113 Å². The van der Waals surface area contributed by atoms with Crippen molar-refractivity contribution in [3.63, 3.8) is 0 Å². The van der Waals surface area contributed by atoms with Gasteiger partial charge in [0.1, 0.15) is 22.4 Å². The van der Waals surface area contributed by atoms with E-state index in [9.17, 15) is 0 Å². The van der Waals surface area contributed by atoms with Gasteiger partial charge >= 0.3 is 0 Å². The molecule has 18 aromatic rings. The van der Waals surface area contributed by atoms with Crippen LogP contribution in [0, 0.1) is 0 Å². The minimum Gasteiger partial charge on any atom is -0.443 e. The molecule has 0 atom stereocenters. The highest BCUT2D eigenvalue weighted by Gasteiger charge is 2.64. The lowest BCUT2D eigenvalue weighted by molar-refractivity contribution is 0.388. The Morgan fingerprint density at radius 1 is 0.244 bits per heavy atom. The van der Waals surface area contributed by atoms with Crippen LogP contribution < -0.4 is 9.80 Å². The lowest BCUT2D eigenvalue weighted by atomic mass is 9.53. The fourth-order valence-corrected chi connectivity index (χ4v) is 18.7. The molecule has 2 spiro atoms. The molecule has 8 heterocycles. The highest BCUT2D eigenvalue weighted by molar-refractivity contribution is 7.26. The van der Waals surface area contributed by atoms with Crippen LogP contribution in [0.15, 0.2) is 300 Å². The molecule has 6 nitrogen and oxygen atoms in total. The van der Waals surface area contributed by atoms with Crippen molar-refractivity contribution in [3.8, 4) is 11.8 Å². The van der Waals surface area contributed by atoms with Crippen molar-refractivity contribution in [2.24, 2.45) is 0 Å². The van der Waals surface area contributed by atoms with E-state index in [1.165, 1.54) is 61.9 Å². The van der Waals surface area contributed by atoms with Gasteiger partial charge in [0.2, 0.25) is 11.8 Å². The average molecular weight is 1190 g/mol. The molecule has 8 heteroatoms. The average Bonchev–Trinajstić information content (AvgIpc) is 1.24. The Kier molecular flexibility index (Phi) is 9.65. The number of aromatic nitrogens is 2. The Hall–Kier alpha value is -11.2. The fraction of sp³-hybridized carbons (Fsp3) is 0.0244. The maximum atomic E-state index is 8.43. The molecule has 21 rings (SSSR count). The van der Waals surface area contributed by atoms with Gasteiger partial charge in [-0.15, -0.1) is 22.7 Å². The zero-order valence-electron chi connectivity index (χ0n) is 48.1. The summed E-state index contributed by atoms with van der Waals surface area (Å²) < 4.78 is 26.7. The van der Waals surface area contributed by atoms with Crippen molar-refractivity contribution in [1.29, 1.82) is 0 Å². The molecule has 90 heavy (non-hydrogen) atoms. The van der Waals surface area contributed by atoms with Gasteiger partial charge in [0, 0.05) is 96.5 Å². The molecule has 1 aliphatic carbocycles. The van der Waals surface area contributed by atoms with Crippen LogP contribution in [0.5, 0.6) is 0 Å². The number of fused-ring (bicyclic) bond motifs is 26. The molecule has 12 aromatic carbocycles. The van der Waals surface area contributed by atoms with Gasteiger partial charge in [-0.25, -0.2) is 0 Å². The van der Waals surface area contributed by atoms with E-state index in [-0.39, 0.29) is 0 Å². The first kappa shape index (κ1) is 48.9. The van der Waals surface area contributed by atoms with Gasteiger partial charge in [-0.1, -0.05) is 182 Å². The van der Waals surface area contributed by atoms with E-state index in [2.05, 4.69) is 310 Å². The summed E-state index contributed by atoms with van der Waals surface area (Å²) in [5.41, 5.74) is 14.8. The Balaban J connectivity index is 0.962. The molecule has 0 N–H and O–H groups in total. The van der Waals surface area contributed by atoms with Crippen molar-refractivity contribution in [1.82, 2.24) is 9.13 Å². The molecule has 0 bridgehead atoms. The summed E-state index contributed by atoms with van der Waals surface area (Å²) in [5.74, 6) is 3.13. The largest absolute Gasteiger partial charge is 0.443 e. The second kappa shape index (κ2) is 17.8. The molecule has 0 saturated carbocycles. The highest BCUT2D eigenvalue weighted by Crippen LogP contribution is 2.69. The van der Waals surface area contributed by atoms with E-state index >= 15 is 0 Å². The Labute approximate surface area is 523 Å². The standard InChI is InChI=1S/C82H48N4O2S2/c1-3-23-49(24-4-1)83-67-37-17-11-31-59(67)81(60-32-12-18-38-68(60)83)63-47-77(85-65-35-15-7-27-51(65)55-45-75-57(43-71(55)85)53-29-9-21-41-73(53)89-75)88-80(63)82(61-33-13-19-39-69(61)84(50-25-5-2-6-26-50)70-40-20-14-34-62(70)82)64-48-78(87-79(64)81)86-66-36-16-8-28-52(66)56-46-76-58(44-72(56)86)54-30-10-22-42-74(54)90-76/h1-48H. The Morgan fingerprint density at radius 3 is 0.978 bits per heavy atom. The summed E-state index contributed by atoms with van der Waals surface area (Å²) in [7, 11) is 0. The van der Waals surface area contributed by atoms with Gasteiger partial charge in [0.05, 0.1) is 44.8 Å². The number of para-hydroxylation sites is 8. The Morgan fingerprint density at radius 2 is 0.578 bits per heavy atom. The Bertz CT molecular complexity index is 5580. The van der Waals surface area contributed by atoms with Crippen molar-refractivity contribution in [3.05, 3.63) is 336 Å². The van der Waals surface area contributed by atoms with Crippen molar-refractivity contribution in [2.45, 2.75) is 10.8 Å². The molecule has 0 fully saturated rings. The van der Waals surface area contributed by atoms with Gasteiger partial charge in [-0.05, 0) is 119 Å². The number of hydrogen-bond donors (Lipinski definition) is 0. The predicted molar refractivity (Wildman–Crippen MR) is 372 cm³/mol. The van der Waals surface area contributed by atoms with Crippen molar-refractivity contribution < 1.29 is 8.83 Å². The van der Waals surface area contributed by atoms with Crippen molar-refractivity contribution in [2.75, 3.05) is 9.80 Å². The quantitative estimate of drug-likeness (QED) is 0.176. The van der Waals surface area contributed by atoms with E-state index in [1.54, 1.807) is 0 Å². The second-order valence-corrected chi connectivity index (χ2v) is 26.4. The van der Waals surface area contributed by atoms with Crippen LogP contribution in [0.4, 0.5) is 34.1 Å². The number of hydrogen-bond acceptors (Lipinski definition) is 6. The lowest BCUT2D eigenvalue weighted by Crippen LogP contribution is -2.48. The van der Waals surface area contributed by atoms with Crippen LogP contribution in [0.3, 0.4) is 0 Å². The van der Waals surface area contributed by atoms with Crippen LogP contribution in [-0.4, -0.2) is 9.13 Å². The normalized spacial score (nSPS) is 14.4. The number of thiophene rings is 2. The van der Waals surface area contributed by atoms with Gasteiger partial charge in [-0.3, -0.25) is 9.13 Å². The van der Waals surface area contributed by atoms with Crippen molar-refractivity contribution >= 4 is 141 Å². The lowest BCUT2D eigenvalue weighted by Gasteiger charge is -2.51. The van der Waals surface area contributed by atoms with Crippen LogP contribution in [-0.2, 0) is 10.8 Å². The monoisotopic (exact) mass is 1180 g/mol. The molecule has 0 amide bonds. The summed E-state index contributed by atoms with van der Waals surface area (Å²) in [6, 6.07) is 108. The highest BCUT2D eigenvalue weighted by atomic mass is 32.1. The topological polar surface area (TPSA) is 42.6 Å². The third-order valence-corrected chi connectivity index (χ3v) is 22.2. The SMILES string of the molecule is c1ccc(N2c3ccccc3C3(c4ccccc42)c2cc(-n4c5ccccc5c5cc6sc7ccccc7c6cc54)oc2C2(c4ccccc4N(c4ccccc4)c4ccccc42)c2cc(-n4c5ccccc5c5cc6sc7ccccc7c6cc54)oc23)cc1. The predicted octanol–water partition coefficient (Wildman–Crippen LogP) is 22.4. The molecule has 6 aromatic heterocycles. The van der Waals surface area contributed by atoms with Gasteiger partial charge in [0.15, 0.2) is 0 Å². The van der Waals surface area contributed by atoms with Gasteiger partial charge < -0.3 is 18.6 Å². The van der Waals surface area contributed by atoms with Crippen LogP contribution in [0.25, 0.3) is 95.7 Å². The molecule has 0 saturated heterocycles. The van der Waals surface area contributed by atoms with Gasteiger partial charge in [0.25, 0.3) is 0 Å². The maximum Gasteiger partial charge on any atom is 0.205 e. The maximum absolute atomic E-state index is 8.43. The molecule has 0 unspecified atom stereocenters. The molecule has 420 valence electrons. The molecule has 0 radical (unpaired) electrons. The van der Waals surface area contributed by atoms with E-state index in [0.29, 0.717) is 0 Å². The number of rotatable bonds is 4. The number of furan rings is 2. The fourth-order valence-electron chi connectivity index (χ4n) is 16.5. The third kappa shape index (κ3) is 6.11. The number of nitrogens with zero attached hydrogens (tertiary/aromatic N) is 4. The first-order chi connectivity index (χ1) is 44.6. The number of anilines is 6. The van der Waals surface area contributed by atoms with Crippen LogP contribution in [0.1, 0.15) is 44.9 Å². The van der Waals surface area contributed by atoms with E-state index in [4.69, 9.17) is 8.83 Å². The van der Waals surface area contributed by atoms with Crippen LogP contribution in [0.2, 0.25) is 0 Å². The smallest absolute Gasteiger partial charge is 0.205 e. The minimum absolute atomic E-state index is 0.726. The number of benzene rings is 12. The summed E-state index contributed by atoms with van der Waals surface area (Å²) in [6.45, 7) is 0. The van der Waals surface area contributed by atoms with Crippen LogP contribution >= 0.6 is 22.7 Å². The summed E-state index contributed by atoms with van der Waals surface area (Å²) in [6.07, 6.45) is 0. The zero-order chi connectivity index (χ0) is 58.6. The van der Waals surface area contributed by atoms with E-state index < -0.39 is 10.8 Å². The second-order valence-electron chi connectivity index (χ2n) is 24.2.